The van der Waals surface area contributed by atoms with Crippen molar-refractivity contribution in [1.29, 1.82) is 0 Å². The van der Waals surface area contributed by atoms with E-state index in [1.165, 1.54) is 12.1 Å². The van der Waals surface area contributed by atoms with Gasteiger partial charge in [-0.25, -0.2) is 15.4 Å². The largest absolute Gasteiger partial charge is 0.301 e. The monoisotopic (exact) mass is 407 g/mol. The molecule has 3 nitrogen and oxygen atoms in total. The summed E-state index contributed by atoms with van der Waals surface area (Å²) in [4.78, 5) is 3.78. The van der Waals surface area contributed by atoms with Crippen molar-refractivity contribution in [2.24, 2.45) is 0 Å². The van der Waals surface area contributed by atoms with Crippen LogP contribution >= 0.6 is 35.0 Å². The van der Waals surface area contributed by atoms with Gasteiger partial charge in [-0.05, 0) is 36.4 Å². The first kappa shape index (κ1) is 18.6. The van der Waals surface area contributed by atoms with Gasteiger partial charge in [-0.3, -0.25) is 0 Å². The van der Waals surface area contributed by atoms with Crippen LogP contribution in [0, 0.1) is 18.2 Å². The molecule has 0 saturated heterocycles. The quantitative estimate of drug-likeness (QED) is 0.480. The van der Waals surface area contributed by atoms with Crippen molar-refractivity contribution in [3.8, 4) is 0 Å². The van der Waals surface area contributed by atoms with E-state index in [0.29, 0.717) is 26.3 Å². The van der Waals surface area contributed by atoms with Crippen molar-refractivity contribution in [2.75, 3.05) is 0 Å². The van der Waals surface area contributed by atoms with Crippen molar-refractivity contribution in [1.82, 2.24) is 10.2 Å². The second kappa shape index (κ2) is 8.00. The summed E-state index contributed by atoms with van der Waals surface area (Å²) in [7, 11) is 0. The zero-order chi connectivity index (χ0) is 18.7. The lowest BCUT2D eigenvalue weighted by Crippen LogP contribution is -2.02. The molecule has 0 aliphatic rings. The molecule has 0 amide bonds. The number of halogens is 4. The second-order valence-electron chi connectivity index (χ2n) is 5.14. The van der Waals surface area contributed by atoms with E-state index < -0.39 is 17.7 Å². The zero-order valence-corrected chi connectivity index (χ0v) is 15.3. The van der Waals surface area contributed by atoms with Crippen LogP contribution in [0.15, 0.2) is 58.5 Å². The smallest absolute Gasteiger partial charge is 0.295 e. The van der Waals surface area contributed by atoms with Crippen LogP contribution in [0.4, 0.5) is 8.78 Å². The summed E-state index contributed by atoms with van der Waals surface area (Å²) < 4.78 is 26.7. The summed E-state index contributed by atoms with van der Waals surface area (Å²) >= 11 is 13.3. The van der Waals surface area contributed by atoms with Crippen LogP contribution in [0.25, 0.3) is 4.85 Å². The van der Waals surface area contributed by atoms with E-state index in [2.05, 4.69) is 15.0 Å². The Morgan fingerprint density at radius 2 is 1.73 bits per heavy atom. The van der Waals surface area contributed by atoms with Crippen LogP contribution in [0.2, 0.25) is 10.0 Å². The fourth-order valence-electron chi connectivity index (χ4n) is 2.25. The van der Waals surface area contributed by atoms with Gasteiger partial charge in [0, 0.05) is 11.0 Å². The van der Waals surface area contributed by atoms with E-state index in [9.17, 15) is 8.78 Å². The van der Waals surface area contributed by atoms with Gasteiger partial charge < -0.3 is 4.85 Å². The Bertz CT molecular complexity index is 970. The molecular weight excluding hydrogens is 399 g/mol. The highest BCUT2D eigenvalue weighted by Crippen LogP contribution is 2.36. The summed E-state index contributed by atoms with van der Waals surface area (Å²) in [5, 5.41) is 9.21. The minimum Gasteiger partial charge on any atom is -0.301 e. The van der Waals surface area contributed by atoms with E-state index in [-0.39, 0.29) is 4.90 Å². The molecule has 1 unspecified atom stereocenters. The molecule has 0 radical (unpaired) electrons. The Labute approximate surface area is 162 Å². The third kappa shape index (κ3) is 3.96. The van der Waals surface area contributed by atoms with Gasteiger partial charge in [-0.15, -0.1) is 10.2 Å². The summed E-state index contributed by atoms with van der Waals surface area (Å²) in [6.45, 7) is 7.46. The third-order valence-corrected chi connectivity index (χ3v) is 5.09. The summed E-state index contributed by atoms with van der Waals surface area (Å²) in [6, 6.07) is 10.7. The van der Waals surface area contributed by atoms with E-state index in [1.54, 1.807) is 30.3 Å². The first-order chi connectivity index (χ1) is 12.5. The Balaban J connectivity index is 1.88. The minimum absolute atomic E-state index is 0.226. The maximum Gasteiger partial charge on any atom is 0.295 e. The SMILES string of the molecule is [C-]#[N+]C(c1ccc(Sc2ccc(F)cc2F)nn1)c1c(Cl)cccc1Cl. The minimum atomic E-state index is -0.801. The predicted molar refractivity (Wildman–Crippen MR) is 97.4 cm³/mol. The third-order valence-electron chi connectivity index (χ3n) is 3.45. The highest BCUT2D eigenvalue weighted by atomic mass is 35.5. The number of aromatic nitrogens is 2. The van der Waals surface area contributed by atoms with E-state index in [4.69, 9.17) is 29.8 Å². The van der Waals surface area contributed by atoms with Gasteiger partial charge in [-0.2, -0.15) is 0 Å². The van der Waals surface area contributed by atoms with E-state index in [0.717, 1.165) is 17.8 Å². The van der Waals surface area contributed by atoms with Crippen LogP contribution in [-0.4, -0.2) is 10.2 Å². The Kier molecular flexibility index (Phi) is 5.72. The zero-order valence-electron chi connectivity index (χ0n) is 13.0. The molecule has 0 bridgehead atoms. The van der Waals surface area contributed by atoms with Gasteiger partial charge in [0.25, 0.3) is 6.04 Å². The molecule has 26 heavy (non-hydrogen) atoms. The lowest BCUT2D eigenvalue weighted by atomic mass is 10.0. The standard InChI is InChI=1S/C18H9Cl2F2N3S/c1-23-18(17-11(19)3-2-4-12(17)20)14-6-8-16(25-24-14)26-15-7-5-10(21)9-13(15)22/h2-9,18H. The number of hydrogen-bond acceptors (Lipinski definition) is 3. The van der Waals surface area contributed by atoms with E-state index in [1.807, 2.05) is 0 Å². The van der Waals surface area contributed by atoms with Gasteiger partial charge in [-0.1, -0.05) is 41.0 Å². The Morgan fingerprint density at radius 1 is 1.00 bits per heavy atom. The maximum atomic E-state index is 13.7. The molecule has 3 rings (SSSR count). The van der Waals surface area contributed by atoms with Crippen LogP contribution < -0.4 is 0 Å². The topological polar surface area (TPSA) is 30.1 Å². The van der Waals surface area contributed by atoms with Gasteiger partial charge in [0.15, 0.2) is 0 Å². The lowest BCUT2D eigenvalue weighted by Gasteiger charge is -2.09. The highest BCUT2D eigenvalue weighted by molar-refractivity contribution is 7.99. The molecule has 3 aromatic rings. The first-order valence-electron chi connectivity index (χ1n) is 7.26. The van der Waals surface area contributed by atoms with Crippen LogP contribution in [0.1, 0.15) is 17.3 Å². The summed E-state index contributed by atoms with van der Waals surface area (Å²) in [5.41, 5.74) is 0.837. The lowest BCUT2D eigenvalue weighted by molar-refractivity contribution is 0.565. The van der Waals surface area contributed by atoms with Crippen molar-refractivity contribution >= 4 is 35.0 Å². The number of nitrogens with zero attached hydrogens (tertiary/aromatic N) is 3. The van der Waals surface area contributed by atoms with Crippen molar-refractivity contribution in [2.45, 2.75) is 16.0 Å². The molecule has 0 N–H and O–H groups in total. The highest BCUT2D eigenvalue weighted by Gasteiger charge is 2.26. The molecule has 1 atom stereocenters. The fraction of sp³-hybridized carbons (Fsp3) is 0.0556. The number of benzene rings is 2. The van der Waals surface area contributed by atoms with Crippen LogP contribution in [0.5, 0.6) is 0 Å². The molecular formula is C18H9Cl2F2N3S. The molecule has 1 aromatic heterocycles. The van der Waals surface area contributed by atoms with E-state index >= 15 is 0 Å². The molecule has 8 heteroatoms. The number of hydrogen-bond donors (Lipinski definition) is 0. The van der Waals surface area contributed by atoms with Crippen LogP contribution in [-0.2, 0) is 0 Å². The Morgan fingerprint density at radius 3 is 2.31 bits per heavy atom. The molecule has 0 aliphatic heterocycles. The van der Waals surface area contributed by atoms with Gasteiger partial charge in [0.05, 0.1) is 15.6 Å². The number of rotatable bonds is 4. The molecule has 0 fully saturated rings. The maximum absolute atomic E-state index is 13.7. The predicted octanol–water partition coefficient (Wildman–Crippen LogP) is 6.22. The molecule has 0 aliphatic carbocycles. The van der Waals surface area contributed by atoms with Crippen LogP contribution in [0.3, 0.4) is 0 Å². The second-order valence-corrected chi connectivity index (χ2v) is 7.02. The normalized spacial score (nSPS) is 11.8. The van der Waals surface area contributed by atoms with Crippen molar-refractivity contribution < 1.29 is 8.78 Å². The molecule has 0 spiro atoms. The molecule has 130 valence electrons. The average Bonchev–Trinajstić information content (AvgIpc) is 2.62. The summed E-state index contributed by atoms with van der Waals surface area (Å²) in [5.74, 6) is -1.33. The first-order valence-corrected chi connectivity index (χ1v) is 8.84. The van der Waals surface area contributed by atoms with Gasteiger partial charge in [0.2, 0.25) is 0 Å². The summed E-state index contributed by atoms with van der Waals surface area (Å²) in [6.07, 6.45) is 0. The average molecular weight is 408 g/mol. The molecule has 0 saturated carbocycles. The van der Waals surface area contributed by atoms with Crippen molar-refractivity contribution in [3.05, 3.63) is 92.9 Å². The van der Waals surface area contributed by atoms with Gasteiger partial charge >= 0.3 is 0 Å². The van der Waals surface area contributed by atoms with Crippen molar-refractivity contribution in [3.63, 3.8) is 0 Å². The molecule has 2 aromatic carbocycles. The fourth-order valence-corrected chi connectivity index (χ4v) is 3.59. The molecule has 1 heterocycles. The Hall–Kier alpha value is -2.20. The van der Waals surface area contributed by atoms with Gasteiger partial charge in [0.1, 0.15) is 22.4 Å².